The summed E-state index contributed by atoms with van der Waals surface area (Å²) in [5, 5.41) is 3.47. The number of benzene rings is 1. The van der Waals surface area contributed by atoms with Gasteiger partial charge in [0.25, 0.3) is 12.3 Å². The molecule has 0 N–H and O–H groups in total. The van der Waals surface area contributed by atoms with E-state index in [1.165, 1.54) is 11.9 Å². The molecule has 1 aliphatic rings. The molecule has 144 valence electrons. The van der Waals surface area contributed by atoms with E-state index in [1.807, 2.05) is 18.2 Å². The number of amides is 1. The van der Waals surface area contributed by atoms with E-state index in [-0.39, 0.29) is 12.6 Å². The average Bonchev–Trinajstić information content (AvgIpc) is 3.38. The van der Waals surface area contributed by atoms with Gasteiger partial charge in [-0.1, -0.05) is 44.5 Å². The Morgan fingerprint density at radius 2 is 1.93 bits per heavy atom. The second-order valence-electron chi connectivity index (χ2n) is 6.34. The molecule has 1 heterocycles. The molecular formula is C18H16Br2F3N3O. The summed E-state index contributed by atoms with van der Waals surface area (Å²) in [4.78, 5) is 14.4. The molecular weight excluding hydrogens is 491 g/mol. The standard InChI is InChI=1S/C18H16Br2F3N3O/c1-9(13-11(19)4-3-5-12(13)20)8-26(10-6-7-10)18(27)14-15(16(21)22)24-25(2)17(14)23/h3-5,10,16H,1,6-8H2,2H3. The molecule has 27 heavy (non-hydrogen) atoms. The zero-order valence-corrected chi connectivity index (χ0v) is 17.5. The fraction of sp³-hybridized carbons (Fsp3) is 0.333. The lowest BCUT2D eigenvalue weighted by molar-refractivity contribution is 0.0747. The summed E-state index contributed by atoms with van der Waals surface area (Å²) in [6.45, 7) is 4.14. The predicted molar refractivity (Wildman–Crippen MR) is 103 cm³/mol. The van der Waals surface area contributed by atoms with Crippen molar-refractivity contribution in [2.45, 2.75) is 25.3 Å². The topological polar surface area (TPSA) is 38.1 Å². The van der Waals surface area contributed by atoms with Gasteiger partial charge in [-0.25, -0.2) is 13.5 Å². The van der Waals surface area contributed by atoms with Crippen LogP contribution in [0.4, 0.5) is 13.2 Å². The van der Waals surface area contributed by atoms with Crippen molar-refractivity contribution in [2.24, 2.45) is 7.05 Å². The lowest BCUT2D eigenvalue weighted by Gasteiger charge is -2.24. The molecule has 1 aliphatic carbocycles. The summed E-state index contributed by atoms with van der Waals surface area (Å²) >= 11 is 6.90. The molecule has 0 saturated heterocycles. The van der Waals surface area contributed by atoms with E-state index in [2.05, 4.69) is 43.5 Å². The maximum atomic E-state index is 14.3. The van der Waals surface area contributed by atoms with E-state index in [0.29, 0.717) is 10.3 Å². The Bertz CT molecular complexity index is 889. The first-order valence-electron chi connectivity index (χ1n) is 8.16. The fourth-order valence-electron chi connectivity index (χ4n) is 2.89. The second kappa shape index (κ2) is 7.79. The van der Waals surface area contributed by atoms with Crippen molar-refractivity contribution in [2.75, 3.05) is 6.54 Å². The molecule has 3 rings (SSSR count). The molecule has 1 aromatic heterocycles. The van der Waals surface area contributed by atoms with Gasteiger partial charge >= 0.3 is 0 Å². The second-order valence-corrected chi connectivity index (χ2v) is 8.05. The summed E-state index contributed by atoms with van der Waals surface area (Å²) in [6.07, 6.45) is -1.56. The van der Waals surface area contributed by atoms with Crippen LogP contribution >= 0.6 is 31.9 Å². The van der Waals surface area contributed by atoms with Crippen molar-refractivity contribution < 1.29 is 18.0 Å². The third-order valence-electron chi connectivity index (χ3n) is 4.35. The van der Waals surface area contributed by atoms with Crippen LogP contribution in [0.2, 0.25) is 0 Å². The summed E-state index contributed by atoms with van der Waals surface area (Å²) in [5.74, 6) is -1.85. The van der Waals surface area contributed by atoms with Crippen molar-refractivity contribution >= 4 is 43.3 Å². The molecule has 0 bridgehead atoms. The highest BCUT2D eigenvalue weighted by Crippen LogP contribution is 2.36. The van der Waals surface area contributed by atoms with Gasteiger partial charge in [-0.2, -0.15) is 9.49 Å². The smallest absolute Gasteiger partial charge is 0.283 e. The fourth-order valence-corrected chi connectivity index (χ4v) is 4.45. The quantitative estimate of drug-likeness (QED) is 0.530. The van der Waals surface area contributed by atoms with Crippen LogP contribution in [0.15, 0.2) is 33.7 Å². The molecule has 2 aromatic rings. The minimum absolute atomic E-state index is 0.0989. The van der Waals surface area contributed by atoms with E-state index in [4.69, 9.17) is 0 Å². The highest BCUT2D eigenvalue weighted by Gasteiger charge is 2.38. The highest BCUT2D eigenvalue weighted by atomic mass is 79.9. The van der Waals surface area contributed by atoms with Crippen molar-refractivity contribution in [1.82, 2.24) is 14.7 Å². The van der Waals surface area contributed by atoms with E-state index in [0.717, 1.165) is 27.4 Å². The first kappa shape index (κ1) is 20.1. The van der Waals surface area contributed by atoms with Gasteiger partial charge in [0.2, 0.25) is 5.95 Å². The molecule has 0 atom stereocenters. The van der Waals surface area contributed by atoms with Gasteiger partial charge in [0, 0.05) is 34.1 Å². The third kappa shape index (κ3) is 3.99. The maximum Gasteiger partial charge on any atom is 0.283 e. The molecule has 4 nitrogen and oxygen atoms in total. The Morgan fingerprint density at radius 3 is 2.44 bits per heavy atom. The molecule has 1 fully saturated rings. The first-order valence-corrected chi connectivity index (χ1v) is 9.74. The summed E-state index contributed by atoms with van der Waals surface area (Å²) in [7, 11) is 1.19. The van der Waals surface area contributed by atoms with E-state index in [9.17, 15) is 18.0 Å². The van der Waals surface area contributed by atoms with Crippen molar-refractivity contribution in [1.29, 1.82) is 0 Å². The summed E-state index contributed by atoms with van der Waals surface area (Å²) < 4.78 is 43.1. The Balaban J connectivity index is 1.94. The predicted octanol–water partition coefficient (Wildman–Crippen LogP) is 5.34. The number of carbonyl (C=O) groups is 1. The van der Waals surface area contributed by atoms with Crippen LogP contribution in [0.25, 0.3) is 5.57 Å². The summed E-state index contributed by atoms with van der Waals surface area (Å²) in [5.41, 5.74) is -0.120. The van der Waals surface area contributed by atoms with Crippen LogP contribution < -0.4 is 0 Å². The number of alkyl halides is 2. The largest absolute Gasteiger partial charge is 0.331 e. The number of hydrogen-bond donors (Lipinski definition) is 0. The number of halogens is 5. The SMILES string of the molecule is C=C(CN(C(=O)c1c(C(F)F)nn(C)c1F)C1CC1)c1c(Br)cccc1Br. The van der Waals surface area contributed by atoms with Gasteiger partial charge in [0.1, 0.15) is 11.3 Å². The average molecular weight is 507 g/mol. The minimum atomic E-state index is -3.04. The first-order chi connectivity index (χ1) is 12.7. The lowest BCUT2D eigenvalue weighted by atomic mass is 10.1. The van der Waals surface area contributed by atoms with Crippen molar-refractivity contribution in [3.8, 4) is 0 Å². The molecule has 9 heteroatoms. The van der Waals surface area contributed by atoms with Crippen LogP contribution in [0, 0.1) is 5.95 Å². The number of aromatic nitrogens is 2. The van der Waals surface area contributed by atoms with Crippen LogP contribution in [-0.2, 0) is 7.05 Å². The Kier molecular flexibility index (Phi) is 5.81. The maximum absolute atomic E-state index is 14.3. The van der Waals surface area contributed by atoms with Crippen LogP contribution in [0.3, 0.4) is 0 Å². The van der Waals surface area contributed by atoms with Gasteiger partial charge in [0.15, 0.2) is 0 Å². The van der Waals surface area contributed by atoms with Crippen molar-refractivity contribution in [3.63, 3.8) is 0 Å². The molecule has 0 unspecified atom stereocenters. The minimum Gasteiger partial charge on any atom is -0.331 e. The van der Waals surface area contributed by atoms with Gasteiger partial charge in [-0.05, 0) is 30.5 Å². The lowest BCUT2D eigenvalue weighted by Crippen LogP contribution is -2.35. The van der Waals surface area contributed by atoms with Gasteiger partial charge in [-0.3, -0.25) is 4.79 Å². The zero-order valence-electron chi connectivity index (χ0n) is 14.4. The van der Waals surface area contributed by atoms with E-state index >= 15 is 0 Å². The molecule has 1 amide bonds. The number of carbonyl (C=O) groups excluding carboxylic acids is 1. The highest BCUT2D eigenvalue weighted by molar-refractivity contribution is 9.11. The van der Waals surface area contributed by atoms with Crippen molar-refractivity contribution in [3.05, 3.63) is 56.5 Å². The molecule has 0 radical (unpaired) electrons. The van der Waals surface area contributed by atoms with E-state index in [1.54, 1.807) is 0 Å². The van der Waals surface area contributed by atoms with Crippen LogP contribution in [0.1, 0.15) is 40.9 Å². The zero-order chi connectivity index (χ0) is 19.9. The van der Waals surface area contributed by atoms with E-state index < -0.39 is 29.5 Å². The molecule has 0 aliphatic heterocycles. The van der Waals surface area contributed by atoms with Gasteiger partial charge in [-0.15, -0.1) is 0 Å². The number of hydrogen-bond acceptors (Lipinski definition) is 2. The normalized spacial score (nSPS) is 13.9. The Morgan fingerprint density at radius 1 is 1.33 bits per heavy atom. The molecule has 0 spiro atoms. The summed E-state index contributed by atoms with van der Waals surface area (Å²) in [6, 6.07) is 5.39. The molecule has 1 saturated carbocycles. The third-order valence-corrected chi connectivity index (χ3v) is 5.67. The number of aryl methyl sites for hydroxylation is 1. The van der Waals surface area contributed by atoms with Gasteiger partial charge in [0.05, 0.1) is 0 Å². The Hall–Kier alpha value is -1.61. The number of rotatable bonds is 6. The van der Waals surface area contributed by atoms with Crippen LogP contribution in [-0.4, -0.2) is 33.2 Å². The Labute approximate surface area is 171 Å². The van der Waals surface area contributed by atoms with Gasteiger partial charge < -0.3 is 4.90 Å². The molecule has 1 aromatic carbocycles. The van der Waals surface area contributed by atoms with Crippen LogP contribution in [0.5, 0.6) is 0 Å². The monoisotopic (exact) mass is 505 g/mol. The number of nitrogens with zero attached hydrogens (tertiary/aromatic N) is 3.